The molecular formula is C18H25NO. The van der Waals surface area contributed by atoms with Crippen molar-refractivity contribution in [3.05, 3.63) is 35.9 Å². The van der Waals surface area contributed by atoms with Gasteiger partial charge >= 0.3 is 0 Å². The molecule has 2 aliphatic rings. The first-order valence-corrected chi connectivity index (χ1v) is 8.07. The lowest BCUT2D eigenvalue weighted by Gasteiger charge is -2.48. The minimum atomic E-state index is -0.320. The molecule has 0 spiro atoms. The second-order valence-corrected chi connectivity index (χ2v) is 6.53. The van der Waals surface area contributed by atoms with Crippen molar-refractivity contribution in [2.45, 2.75) is 51.0 Å². The van der Waals surface area contributed by atoms with Crippen molar-refractivity contribution in [3.8, 4) is 0 Å². The number of carbonyl (C=O) groups is 1. The quantitative estimate of drug-likeness (QED) is 0.816. The molecular weight excluding hydrogens is 246 g/mol. The highest BCUT2D eigenvalue weighted by Gasteiger charge is 2.46. The van der Waals surface area contributed by atoms with Crippen LogP contribution in [0.3, 0.4) is 0 Å². The first-order chi connectivity index (χ1) is 9.73. The smallest absolute Gasteiger partial charge is 0.157 e. The minimum Gasteiger partial charge on any atom is -0.297 e. The Morgan fingerprint density at radius 1 is 1.10 bits per heavy atom. The maximum Gasteiger partial charge on any atom is 0.157 e. The molecule has 1 heterocycles. The number of likely N-dealkylation sites (tertiary alicyclic amines) is 1. The molecule has 1 aromatic carbocycles. The zero-order valence-electron chi connectivity index (χ0n) is 12.5. The third kappa shape index (κ3) is 2.31. The number of nitrogens with zero attached hydrogens (tertiary/aromatic N) is 1. The Morgan fingerprint density at radius 3 is 2.45 bits per heavy atom. The Balaban J connectivity index is 1.97. The Kier molecular flexibility index (Phi) is 3.93. The largest absolute Gasteiger partial charge is 0.297 e. The van der Waals surface area contributed by atoms with E-state index in [1.54, 1.807) is 0 Å². The van der Waals surface area contributed by atoms with E-state index in [1.807, 2.05) is 6.07 Å². The Bertz CT molecular complexity index is 462. The summed E-state index contributed by atoms with van der Waals surface area (Å²) in [5.74, 6) is 1.25. The highest BCUT2D eigenvalue weighted by atomic mass is 16.1. The van der Waals surface area contributed by atoms with E-state index < -0.39 is 0 Å². The van der Waals surface area contributed by atoms with Crippen molar-refractivity contribution in [3.63, 3.8) is 0 Å². The van der Waals surface area contributed by atoms with Gasteiger partial charge in [-0.25, -0.2) is 0 Å². The van der Waals surface area contributed by atoms with Crippen molar-refractivity contribution < 1.29 is 4.79 Å². The molecule has 0 bridgehead atoms. The summed E-state index contributed by atoms with van der Waals surface area (Å²) in [6.07, 6.45) is 6.44. The Labute approximate surface area is 122 Å². The second-order valence-electron chi connectivity index (χ2n) is 6.53. The molecule has 1 atom stereocenters. The van der Waals surface area contributed by atoms with E-state index in [0.29, 0.717) is 5.78 Å². The van der Waals surface area contributed by atoms with E-state index in [2.05, 4.69) is 36.1 Å². The molecule has 2 heteroatoms. The van der Waals surface area contributed by atoms with Gasteiger partial charge in [0.25, 0.3) is 0 Å². The van der Waals surface area contributed by atoms with E-state index >= 15 is 0 Å². The van der Waals surface area contributed by atoms with Gasteiger partial charge in [0.15, 0.2) is 5.78 Å². The first kappa shape index (κ1) is 13.8. The molecule has 0 unspecified atom stereocenters. The minimum absolute atomic E-state index is 0.320. The van der Waals surface area contributed by atoms with Gasteiger partial charge in [-0.15, -0.1) is 0 Å². The molecule has 0 aromatic heterocycles. The molecule has 20 heavy (non-hydrogen) atoms. The lowest BCUT2D eigenvalue weighted by atomic mass is 9.73. The van der Waals surface area contributed by atoms with E-state index in [1.165, 1.54) is 24.8 Å². The highest BCUT2D eigenvalue weighted by Crippen LogP contribution is 2.41. The van der Waals surface area contributed by atoms with E-state index in [9.17, 15) is 4.79 Å². The van der Waals surface area contributed by atoms with Gasteiger partial charge in [0.05, 0.1) is 0 Å². The topological polar surface area (TPSA) is 20.3 Å². The molecule has 108 valence electrons. The van der Waals surface area contributed by atoms with Crippen LogP contribution in [-0.2, 0) is 10.3 Å². The van der Waals surface area contributed by atoms with Crippen molar-refractivity contribution in [1.82, 2.24) is 4.90 Å². The Hall–Kier alpha value is -1.15. The molecule has 0 amide bonds. The summed E-state index contributed by atoms with van der Waals surface area (Å²) in [6, 6.07) is 10.5. The van der Waals surface area contributed by atoms with Crippen LogP contribution in [0, 0.1) is 5.92 Å². The fraction of sp³-hybridized carbons (Fsp3) is 0.611. The molecule has 3 rings (SSSR count). The number of hydrogen-bond donors (Lipinski definition) is 0. The number of piperidine rings is 1. The molecule has 1 saturated heterocycles. The monoisotopic (exact) mass is 271 g/mol. The Morgan fingerprint density at radius 2 is 1.80 bits per heavy atom. The maximum atomic E-state index is 12.9. The van der Waals surface area contributed by atoms with Crippen molar-refractivity contribution in [2.24, 2.45) is 5.92 Å². The van der Waals surface area contributed by atoms with Crippen LogP contribution in [0.15, 0.2) is 30.3 Å². The van der Waals surface area contributed by atoms with Crippen LogP contribution in [0.4, 0.5) is 0 Å². The van der Waals surface area contributed by atoms with Crippen molar-refractivity contribution in [1.29, 1.82) is 0 Å². The van der Waals surface area contributed by atoms with E-state index in [4.69, 9.17) is 0 Å². The summed E-state index contributed by atoms with van der Waals surface area (Å²) in [5, 5.41) is 0. The van der Waals surface area contributed by atoms with Gasteiger partial charge in [0.2, 0.25) is 0 Å². The average Bonchev–Trinajstić information content (AvgIpc) is 2.50. The van der Waals surface area contributed by atoms with Gasteiger partial charge in [-0.05, 0) is 50.3 Å². The van der Waals surface area contributed by atoms with Crippen LogP contribution >= 0.6 is 0 Å². The first-order valence-electron chi connectivity index (χ1n) is 8.07. The van der Waals surface area contributed by atoms with Gasteiger partial charge < -0.3 is 0 Å². The third-order valence-electron chi connectivity index (χ3n) is 5.23. The normalized spacial score (nSPS) is 29.6. The van der Waals surface area contributed by atoms with Crippen LogP contribution in [0.25, 0.3) is 0 Å². The average molecular weight is 271 g/mol. The maximum absolute atomic E-state index is 12.9. The fourth-order valence-electron chi connectivity index (χ4n) is 3.94. The van der Waals surface area contributed by atoms with Crippen LogP contribution in [0.5, 0.6) is 0 Å². The van der Waals surface area contributed by atoms with Gasteiger partial charge in [0.1, 0.15) is 5.54 Å². The van der Waals surface area contributed by atoms with Gasteiger partial charge in [-0.2, -0.15) is 0 Å². The van der Waals surface area contributed by atoms with Crippen LogP contribution < -0.4 is 0 Å². The molecule has 0 radical (unpaired) electrons. The lowest BCUT2D eigenvalue weighted by Crippen LogP contribution is -2.55. The predicted octanol–water partition coefficient (Wildman–Crippen LogP) is 3.76. The zero-order chi connectivity index (χ0) is 14.0. The number of ketones is 1. The van der Waals surface area contributed by atoms with Crippen LogP contribution in [0.1, 0.15) is 51.0 Å². The highest BCUT2D eigenvalue weighted by molar-refractivity contribution is 5.90. The zero-order valence-corrected chi connectivity index (χ0v) is 12.5. The number of Topliss-reactive ketones (excluding diaryl/α,β-unsaturated/α-hetero) is 1. The van der Waals surface area contributed by atoms with Gasteiger partial charge in [0, 0.05) is 6.42 Å². The second kappa shape index (κ2) is 5.69. The van der Waals surface area contributed by atoms with Crippen molar-refractivity contribution in [2.75, 3.05) is 13.1 Å². The van der Waals surface area contributed by atoms with Crippen LogP contribution in [-0.4, -0.2) is 23.8 Å². The van der Waals surface area contributed by atoms with E-state index in [-0.39, 0.29) is 5.54 Å². The van der Waals surface area contributed by atoms with Gasteiger partial charge in [-0.1, -0.05) is 43.7 Å². The van der Waals surface area contributed by atoms with Crippen LogP contribution in [0.2, 0.25) is 0 Å². The standard InChI is InChI=1S/C18H25NO/c1-15-10-13-19(14-11-15)18(12-6-5-9-17(18)20)16-7-3-2-4-8-16/h2-4,7-8,15H,5-6,9-14H2,1H3/t18-/m0/s1. The molecule has 1 saturated carbocycles. The molecule has 1 aliphatic carbocycles. The molecule has 1 aromatic rings. The number of hydrogen-bond acceptors (Lipinski definition) is 2. The molecule has 2 nitrogen and oxygen atoms in total. The molecule has 0 N–H and O–H groups in total. The number of carbonyl (C=O) groups excluding carboxylic acids is 1. The summed E-state index contributed by atoms with van der Waals surface area (Å²) < 4.78 is 0. The summed E-state index contributed by atoms with van der Waals surface area (Å²) in [6.45, 7) is 4.47. The molecule has 1 aliphatic heterocycles. The lowest BCUT2D eigenvalue weighted by molar-refractivity contribution is -0.136. The third-order valence-corrected chi connectivity index (χ3v) is 5.23. The summed E-state index contributed by atoms with van der Waals surface area (Å²) in [5.41, 5.74) is 0.902. The number of rotatable bonds is 2. The SMILES string of the molecule is CC1CCN([C@]2(c3ccccc3)CCCCC2=O)CC1. The summed E-state index contributed by atoms with van der Waals surface area (Å²) in [4.78, 5) is 15.3. The molecule has 2 fully saturated rings. The van der Waals surface area contributed by atoms with E-state index in [0.717, 1.165) is 38.3 Å². The fourth-order valence-corrected chi connectivity index (χ4v) is 3.94. The summed E-state index contributed by atoms with van der Waals surface area (Å²) in [7, 11) is 0. The summed E-state index contributed by atoms with van der Waals surface area (Å²) >= 11 is 0. The van der Waals surface area contributed by atoms with Gasteiger partial charge in [-0.3, -0.25) is 9.69 Å². The predicted molar refractivity (Wildman–Crippen MR) is 81.6 cm³/mol. The van der Waals surface area contributed by atoms with Crippen molar-refractivity contribution >= 4 is 5.78 Å². The number of benzene rings is 1.